The SMILES string of the molecule is CCCCCCCCCCCC[C@@H](O)[C@H]1CC[C@H](COCc2ccccc2)O1. The number of unbranched alkanes of at least 4 members (excludes halogenated alkanes) is 9. The molecule has 1 fully saturated rings. The predicted molar refractivity (Wildman–Crippen MR) is 116 cm³/mol. The Hall–Kier alpha value is -0.900. The van der Waals surface area contributed by atoms with Gasteiger partial charge in [0.2, 0.25) is 0 Å². The van der Waals surface area contributed by atoms with Gasteiger partial charge >= 0.3 is 0 Å². The van der Waals surface area contributed by atoms with Crippen LogP contribution in [0.15, 0.2) is 30.3 Å². The van der Waals surface area contributed by atoms with Crippen LogP contribution in [0.2, 0.25) is 0 Å². The number of ether oxygens (including phenoxy) is 2. The predicted octanol–water partition coefficient (Wildman–Crippen LogP) is 6.42. The highest BCUT2D eigenvalue weighted by atomic mass is 16.5. The highest BCUT2D eigenvalue weighted by molar-refractivity contribution is 5.13. The summed E-state index contributed by atoms with van der Waals surface area (Å²) >= 11 is 0. The lowest BCUT2D eigenvalue weighted by Gasteiger charge is -2.19. The van der Waals surface area contributed by atoms with E-state index in [1.165, 1.54) is 63.4 Å². The van der Waals surface area contributed by atoms with Gasteiger partial charge in [-0.1, -0.05) is 101 Å². The molecule has 0 unspecified atom stereocenters. The van der Waals surface area contributed by atoms with Crippen LogP contribution in [0.4, 0.5) is 0 Å². The van der Waals surface area contributed by atoms with Gasteiger partial charge in [0.25, 0.3) is 0 Å². The van der Waals surface area contributed by atoms with Crippen LogP contribution in [0.25, 0.3) is 0 Å². The Balaban J connectivity index is 1.43. The Morgan fingerprint density at radius 1 is 0.929 bits per heavy atom. The van der Waals surface area contributed by atoms with E-state index in [4.69, 9.17) is 9.47 Å². The topological polar surface area (TPSA) is 38.7 Å². The fourth-order valence-electron chi connectivity index (χ4n) is 4.05. The maximum atomic E-state index is 10.4. The van der Waals surface area contributed by atoms with Gasteiger partial charge in [-0.05, 0) is 24.8 Å². The van der Waals surface area contributed by atoms with Crippen LogP contribution >= 0.6 is 0 Å². The highest BCUT2D eigenvalue weighted by Crippen LogP contribution is 2.25. The van der Waals surface area contributed by atoms with E-state index in [1.807, 2.05) is 18.2 Å². The van der Waals surface area contributed by atoms with Crippen LogP contribution in [-0.4, -0.2) is 30.0 Å². The zero-order valence-corrected chi connectivity index (χ0v) is 18.0. The zero-order chi connectivity index (χ0) is 19.9. The van der Waals surface area contributed by atoms with E-state index >= 15 is 0 Å². The summed E-state index contributed by atoms with van der Waals surface area (Å²) in [5.41, 5.74) is 1.19. The Morgan fingerprint density at radius 2 is 1.57 bits per heavy atom. The van der Waals surface area contributed by atoms with Crippen molar-refractivity contribution in [2.45, 2.75) is 115 Å². The van der Waals surface area contributed by atoms with Crippen molar-refractivity contribution in [3.05, 3.63) is 35.9 Å². The molecule has 3 nitrogen and oxygen atoms in total. The average Bonchev–Trinajstić information content (AvgIpc) is 3.19. The van der Waals surface area contributed by atoms with Crippen molar-refractivity contribution in [1.82, 2.24) is 0 Å². The lowest BCUT2D eigenvalue weighted by molar-refractivity contribution is -0.0650. The molecular formula is C25H42O3. The van der Waals surface area contributed by atoms with Gasteiger partial charge in [-0.2, -0.15) is 0 Å². The summed E-state index contributed by atoms with van der Waals surface area (Å²) in [7, 11) is 0. The van der Waals surface area contributed by atoms with Gasteiger partial charge in [0, 0.05) is 0 Å². The standard InChI is InChI=1S/C25H42O3/c1-2-3-4-5-6-7-8-9-10-14-17-24(26)25-19-18-23(28-25)21-27-20-22-15-12-11-13-16-22/h11-13,15-16,23-26H,2-10,14,17-21H2,1H3/t23-,24-,25-/m1/s1. The minimum Gasteiger partial charge on any atom is -0.390 e. The first-order chi connectivity index (χ1) is 13.8. The van der Waals surface area contributed by atoms with Crippen molar-refractivity contribution in [3.63, 3.8) is 0 Å². The van der Waals surface area contributed by atoms with E-state index in [0.717, 1.165) is 25.7 Å². The third-order valence-corrected chi connectivity index (χ3v) is 5.84. The van der Waals surface area contributed by atoms with Gasteiger partial charge in [0.05, 0.1) is 31.5 Å². The van der Waals surface area contributed by atoms with E-state index in [9.17, 15) is 5.11 Å². The molecule has 0 radical (unpaired) electrons. The van der Waals surface area contributed by atoms with Crippen LogP contribution in [0.1, 0.15) is 96.0 Å². The molecule has 0 saturated carbocycles. The Morgan fingerprint density at radius 3 is 2.25 bits per heavy atom. The fourth-order valence-corrected chi connectivity index (χ4v) is 4.05. The van der Waals surface area contributed by atoms with Crippen molar-refractivity contribution in [2.24, 2.45) is 0 Å². The molecule has 3 atom stereocenters. The van der Waals surface area contributed by atoms with Gasteiger partial charge in [0.15, 0.2) is 0 Å². The monoisotopic (exact) mass is 390 g/mol. The number of rotatable bonds is 16. The molecule has 1 N–H and O–H groups in total. The number of hydrogen-bond donors (Lipinski definition) is 1. The molecule has 1 aliphatic rings. The van der Waals surface area contributed by atoms with Crippen molar-refractivity contribution in [1.29, 1.82) is 0 Å². The first-order valence-electron chi connectivity index (χ1n) is 11.7. The maximum absolute atomic E-state index is 10.4. The molecule has 0 aliphatic carbocycles. The summed E-state index contributed by atoms with van der Waals surface area (Å²) in [6.45, 7) is 3.52. The van der Waals surface area contributed by atoms with E-state index in [1.54, 1.807) is 0 Å². The van der Waals surface area contributed by atoms with Gasteiger partial charge < -0.3 is 14.6 Å². The van der Waals surface area contributed by atoms with Crippen LogP contribution < -0.4 is 0 Å². The van der Waals surface area contributed by atoms with Crippen LogP contribution in [0, 0.1) is 0 Å². The van der Waals surface area contributed by atoms with E-state index in [-0.39, 0.29) is 18.3 Å². The summed E-state index contributed by atoms with van der Waals surface area (Å²) in [4.78, 5) is 0. The summed E-state index contributed by atoms with van der Waals surface area (Å²) < 4.78 is 11.8. The van der Waals surface area contributed by atoms with Crippen molar-refractivity contribution >= 4 is 0 Å². The molecule has 28 heavy (non-hydrogen) atoms. The first kappa shape index (κ1) is 23.4. The fraction of sp³-hybridized carbons (Fsp3) is 0.760. The van der Waals surface area contributed by atoms with Crippen molar-refractivity contribution in [2.75, 3.05) is 6.61 Å². The number of benzene rings is 1. The van der Waals surface area contributed by atoms with Crippen molar-refractivity contribution in [3.8, 4) is 0 Å². The molecule has 0 spiro atoms. The normalized spacial score (nSPS) is 20.5. The van der Waals surface area contributed by atoms with Gasteiger partial charge in [-0.3, -0.25) is 0 Å². The summed E-state index contributed by atoms with van der Waals surface area (Å²) in [5, 5.41) is 10.4. The minimum absolute atomic E-state index is 0.00360. The molecule has 2 rings (SSSR count). The first-order valence-corrected chi connectivity index (χ1v) is 11.7. The van der Waals surface area contributed by atoms with Gasteiger partial charge in [-0.15, -0.1) is 0 Å². The summed E-state index contributed by atoms with van der Waals surface area (Å²) in [6, 6.07) is 10.2. The summed E-state index contributed by atoms with van der Waals surface area (Å²) in [6.07, 6.45) is 16.0. The second-order valence-electron chi connectivity index (χ2n) is 8.41. The molecule has 1 aliphatic heterocycles. The molecule has 1 saturated heterocycles. The smallest absolute Gasteiger partial charge is 0.0839 e. The Labute approximate surface area is 172 Å². The Bertz CT molecular complexity index is 476. The van der Waals surface area contributed by atoms with Crippen LogP contribution in [0.5, 0.6) is 0 Å². The van der Waals surface area contributed by atoms with Gasteiger partial charge in [0.1, 0.15) is 0 Å². The minimum atomic E-state index is -0.312. The number of hydrogen-bond acceptors (Lipinski definition) is 3. The number of aliphatic hydroxyl groups excluding tert-OH is 1. The molecule has 1 heterocycles. The maximum Gasteiger partial charge on any atom is 0.0839 e. The summed E-state index contributed by atoms with van der Waals surface area (Å²) in [5.74, 6) is 0. The zero-order valence-electron chi connectivity index (χ0n) is 18.0. The Kier molecular flexibility index (Phi) is 12.5. The van der Waals surface area contributed by atoms with Crippen LogP contribution in [0.3, 0.4) is 0 Å². The molecule has 1 aromatic carbocycles. The third kappa shape index (κ3) is 10.0. The lowest BCUT2D eigenvalue weighted by atomic mass is 10.0. The number of aliphatic hydroxyl groups is 1. The molecule has 0 aromatic heterocycles. The molecular weight excluding hydrogens is 348 g/mol. The second-order valence-corrected chi connectivity index (χ2v) is 8.41. The lowest BCUT2D eigenvalue weighted by Crippen LogP contribution is -2.27. The van der Waals surface area contributed by atoms with E-state index in [2.05, 4.69) is 19.1 Å². The van der Waals surface area contributed by atoms with E-state index < -0.39 is 0 Å². The molecule has 0 bridgehead atoms. The van der Waals surface area contributed by atoms with Crippen molar-refractivity contribution < 1.29 is 14.6 Å². The molecule has 160 valence electrons. The largest absolute Gasteiger partial charge is 0.390 e. The van der Waals surface area contributed by atoms with Crippen LogP contribution in [-0.2, 0) is 16.1 Å². The highest BCUT2D eigenvalue weighted by Gasteiger charge is 2.30. The second kappa shape index (κ2) is 15.0. The third-order valence-electron chi connectivity index (χ3n) is 5.84. The molecule has 3 heteroatoms. The molecule has 1 aromatic rings. The van der Waals surface area contributed by atoms with Gasteiger partial charge in [-0.25, -0.2) is 0 Å². The average molecular weight is 391 g/mol. The molecule has 0 amide bonds. The quantitative estimate of drug-likeness (QED) is 0.331. The van der Waals surface area contributed by atoms with E-state index in [0.29, 0.717) is 13.2 Å².